The molecule has 0 aliphatic heterocycles. The van der Waals surface area contributed by atoms with Gasteiger partial charge in [0.05, 0.1) is 20.2 Å². The zero-order chi connectivity index (χ0) is 20.5. The third kappa shape index (κ3) is 7.20. The quantitative estimate of drug-likeness (QED) is 0.685. The van der Waals surface area contributed by atoms with E-state index in [9.17, 15) is 18.4 Å². The number of halogens is 2. The molecular weight excluding hydrogens is 372 g/mol. The van der Waals surface area contributed by atoms with Gasteiger partial charge in [-0.1, -0.05) is 0 Å². The maximum Gasteiger partial charge on any atom is 0.387 e. The number of carbonyl (C=O) groups excluding carboxylic acids is 2. The van der Waals surface area contributed by atoms with Crippen LogP contribution in [0, 0.1) is 0 Å². The number of nitrogens with zero attached hydrogens (tertiary/aromatic N) is 1. The lowest BCUT2D eigenvalue weighted by Crippen LogP contribution is -2.36. The van der Waals surface area contributed by atoms with Crippen molar-refractivity contribution in [2.45, 2.75) is 6.61 Å². The Hall–Kier alpha value is -3.20. The van der Waals surface area contributed by atoms with Crippen LogP contribution >= 0.6 is 0 Å². The van der Waals surface area contributed by atoms with Crippen LogP contribution < -0.4 is 20.1 Å². The number of anilines is 2. The lowest BCUT2D eigenvalue weighted by molar-refractivity contribution is -0.119. The molecule has 150 valence electrons. The van der Waals surface area contributed by atoms with Gasteiger partial charge in [0.25, 0.3) is 0 Å². The van der Waals surface area contributed by atoms with Crippen molar-refractivity contribution in [3.05, 3.63) is 48.5 Å². The van der Waals surface area contributed by atoms with Crippen LogP contribution in [0.4, 0.5) is 20.2 Å². The van der Waals surface area contributed by atoms with Gasteiger partial charge >= 0.3 is 6.61 Å². The van der Waals surface area contributed by atoms with Crippen molar-refractivity contribution < 1.29 is 27.8 Å². The molecule has 0 radical (unpaired) electrons. The molecule has 0 atom stereocenters. The smallest absolute Gasteiger partial charge is 0.387 e. The maximum absolute atomic E-state index is 12.1. The molecule has 0 fully saturated rings. The number of ether oxygens (including phenoxy) is 2. The number of benzene rings is 2. The molecule has 28 heavy (non-hydrogen) atoms. The van der Waals surface area contributed by atoms with Crippen molar-refractivity contribution >= 4 is 23.2 Å². The Morgan fingerprint density at radius 3 is 1.71 bits per heavy atom. The molecule has 2 N–H and O–H groups in total. The Balaban J connectivity index is 1.77. The largest absolute Gasteiger partial charge is 0.497 e. The normalized spacial score (nSPS) is 10.6. The first-order chi connectivity index (χ1) is 13.4. The fraction of sp³-hybridized carbons (Fsp3) is 0.263. The molecule has 0 heterocycles. The molecule has 0 saturated carbocycles. The van der Waals surface area contributed by atoms with Crippen LogP contribution in [0.5, 0.6) is 11.5 Å². The molecule has 7 nitrogen and oxygen atoms in total. The van der Waals surface area contributed by atoms with E-state index in [4.69, 9.17) is 4.74 Å². The molecule has 0 aromatic heterocycles. The highest BCUT2D eigenvalue weighted by atomic mass is 19.3. The lowest BCUT2D eigenvalue weighted by Gasteiger charge is -2.16. The number of carbonyl (C=O) groups is 2. The van der Waals surface area contributed by atoms with E-state index in [0.717, 1.165) is 0 Å². The van der Waals surface area contributed by atoms with E-state index in [-0.39, 0.29) is 30.7 Å². The van der Waals surface area contributed by atoms with E-state index in [1.165, 1.54) is 24.3 Å². The second-order valence-electron chi connectivity index (χ2n) is 5.90. The third-order valence-electron chi connectivity index (χ3n) is 3.56. The van der Waals surface area contributed by atoms with Crippen LogP contribution in [-0.2, 0) is 9.59 Å². The van der Waals surface area contributed by atoms with E-state index in [1.54, 1.807) is 43.3 Å². The summed E-state index contributed by atoms with van der Waals surface area (Å²) >= 11 is 0. The fourth-order valence-electron chi connectivity index (χ4n) is 2.34. The second kappa shape index (κ2) is 10.2. The zero-order valence-electron chi connectivity index (χ0n) is 15.4. The number of nitrogens with one attached hydrogen (secondary N) is 2. The van der Waals surface area contributed by atoms with Crippen molar-refractivity contribution in [3.63, 3.8) is 0 Å². The number of alkyl halides is 2. The standard InChI is InChI=1S/C19H21F2N3O4/c1-24(11-17(25)22-13-3-7-15(27-2)8-4-13)12-18(26)23-14-5-9-16(10-6-14)28-19(20)21/h3-10,19H,11-12H2,1-2H3,(H,22,25)(H,23,26). The number of rotatable bonds is 9. The van der Waals surface area contributed by atoms with E-state index < -0.39 is 6.61 Å². The molecule has 2 aromatic rings. The van der Waals surface area contributed by atoms with Crippen molar-refractivity contribution in [3.8, 4) is 11.5 Å². The van der Waals surface area contributed by atoms with Gasteiger partial charge in [-0.25, -0.2) is 0 Å². The van der Waals surface area contributed by atoms with E-state index in [1.807, 2.05) is 0 Å². The van der Waals surface area contributed by atoms with Crippen LogP contribution in [0.25, 0.3) is 0 Å². The van der Waals surface area contributed by atoms with Gasteiger partial charge in [-0.15, -0.1) is 0 Å². The van der Waals surface area contributed by atoms with E-state index >= 15 is 0 Å². The van der Waals surface area contributed by atoms with Crippen LogP contribution in [-0.4, -0.2) is 50.6 Å². The van der Waals surface area contributed by atoms with Crippen molar-refractivity contribution in [1.82, 2.24) is 4.90 Å². The Morgan fingerprint density at radius 1 is 0.893 bits per heavy atom. The second-order valence-corrected chi connectivity index (χ2v) is 5.90. The van der Waals surface area contributed by atoms with Crippen LogP contribution in [0.3, 0.4) is 0 Å². The Morgan fingerprint density at radius 2 is 1.32 bits per heavy atom. The topological polar surface area (TPSA) is 79.9 Å². The molecule has 0 aliphatic rings. The number of amides is 2. The summed E-state index contributed by atoms with van der Waals surface area (Å²) in [5, 5.41) is 5.35. The first-order valence-electron chi connectivity index (χ1n) is 8.33. The Bertz CT molecular complexity index is 783. The van der Waals surface area contributed by atoms with Crippen molar-refractivity contribution in [1.29, 1.82) is 0 Å². The van der Waals surface area contributed by atoms with Gasteiger partial charge in [0.15, 0.2) is 0 Å². The minimum absolute atomic E-state index is 0.000296. The van der Waals surface area contributed by atoms with Gasteiger partial charge in [0.2, 0.25) is 11.8 Å². The molecule has 0 aliphatic carbocycles. The van der Waals surface area contributed by atoms with Gasteiger partial charge in [-0.3, -0.25) is 14.5 Å². The molecular formula is C19H21F2N3O4. The highest BCUT2D eigenvalue weighted by Gasteiger charge is 2.12. The molecule has 9 heteroatoms. The van der Waals surface area contributed by atoms with Crippen LogP contribution in [0.1, 0.15) is 0 Å². The van der Waals surface area contributed by atoms with Crippen molar-refractivity contribution in [2.24, 2.45) is 0 Å². The average molecular weight is 393 g/mol. The summed E-state index contributed by atoms with van der Waals surface area (Å²) in [6, 6.07) is 12.4. The first-order valence-corrected chi connectivity index (χ1v) is 8.33. The van der Waals surface area contributed by atoms with E-state index in [2.05, 4.69) is 15.4 Å². The van der Waals surface area contributed by atoms with Gasteiger partial charge in [0.1, 0.15) is 11.5 Å². The fourth-order valence-corrected chi connectivity index (χ4v) is 2.34. The minimum Gasteiger partial charge on any atom is -0.497 e. The molecule has 0 unspecified atom stereocenters. The van der Waals surface area contributed by atoms with Gasteiger partial charge in [-0.05, 0) is 55.6 Å². The Kier molecular flexibility index (Phi) is 7.70. The number of hydrogen-bond donors (Lipinski definition) is 2. The summed E-state index contributed by atoms with van der Waals surface area (Å²) in [6.07, 6.45) is 0. The summed E-state index contributed by atoms with van der Waals surface area (Å²) in [7, 11) is 3.19. The number of hydrogen-bond acceptors (Lipinski definition) is 5. The predicted octanol–water partition coefficient (Wildman–Crippen LogP) is 2.81. The molecule has 2 rings (SSSR count). The molecule has 0 bridgehead atoms. The van der Waals surface area contributed by atoms with Crippen LogP contribution in [0.2, 0.25) is 0 Å². The average Bonchev–Trinajstić information content (AvgIpc) is 2.63. The maximum atomic E-state index is 12.1. The van der Waals surface area contributed by atoms with E-state index in [0.29, 0.717) is 17.1 Å². The SMILES string of the molecule is COc1ccc(NC(=O)CN(C)CC(=O)Nc2ccc(OC(F)F)cc2)cc1. The van der Waals surface area contributed by atoms with Gasteiger partial charge in [-0.2, -0.15) is 8.78 Å². The predicted molar refractivity (Wildman–Crippen MR) is 101 cm³/mol. The summed E-state index contributed by atoms with van der Waals surface area (Å²) in [5.74, 6) is 0.0668. The minimum atomic E-state index is -2.90. The Labute approximate surface area is 161 Å². The summed E-state index contributed by atoms with van der Waals surface area (Å²) in [6.45, 7) is -2.91. The third-order valence-corrected chi connectivity index (χ3v) is 3.56. The number of likely N-dealkylation sites (N-methyl/N-ethyl adjacent to an activating group) is 1. The summed E-state index contributed by atoms with van der Waals surface area (Å²) < 4.78 is 33.5. The van der Waals surface area contributed by atoms with Crippen LogP contribution in [0.15, 0.2) is 48.5 Å². The molecule has 2 aromatic carbocycles. The number of methoxy groups -OCH3 is 1. The first kappa shape index (κ1) is 21.1. The summed E-state index contributed by atoms with van der Waals surface area (Å²) in [4.78, 5) is 25.6. The lowest BCUT2D eigenvalue weighted by atomic mass is 10.3. The van der Waals surface area contributed by atoms with Crippen molar-refractivity contribution in [2.75, 3.05) is 37.9 Å². The zero-order valence-corrected chi connectivity index (χ0v) is 15.4. The highest BCUT2D eigenvalue weighted by Crippen LogP contribution is 2.18. The van der Waals surface area contributed by atoms with Gasteiger partial charge < -0.3 is 20.1 Å². The molecule has 0 spiro atoms. The molecule has 2 amide bonds. The highest BCUT2D eigenvalue weighted by molar-refractivity contribution is 5.94. The molecule has 0 saturated heterocycles. The summed E-state index contributed by atoms with van der Waals surface area (Å²) in [5.41, 5.74) is 1.05. The van der Waals surface area contributed by atoms with Gasteiger partial charge in [0, 0.05) is 11.4 Å². The monoisotopic (exact) mass is 393 g/mol.